The molecule has 0 spiro atoms. The van der Waals surface area contributed by atoms with Gasteiger partial charge in [0.15, 0.2) is 0 Å². The number of nitrogens with zero attached hydrogens (tertiary/aromatic N) is 1. The molecule has 3 aliphatic rings. The van der Waals surface area contributed by atoms with Crippen molar-refractivity contribution < 1.29 is 4.79 Å². The van der Waals surface area contributed by atoms with Crippen molar-refractivity contribution in [1.29, 1.82) is 0 Å². The minimum absolute atomic E-state index is 0. The summed E-state index contributed by atoms with van der Waals surface area (Å²) in [5.41, 5.74) is 2.81. The van der Waals surface area contributed by atoms with E-state index >= 15 is 0 Å². The maximum absolute atomic E-state index is 12.7. The zero-order valence-electron chi connectivity index (χ0n) is 14.7. The summed E-state index contributed by atoms with van der Waals surface area (Å²) in [6.07, 6.45) is 5.78. The second-order valence-electron chi connectivity index (χ2n) is 7.48. The topological polar surface area (TPSA) is 44.4 Å². The van der Waals surface area contributed by atoms with Crippen molar-refractivity contribution in [2.75, 3.05) is 6.54 Å². The first kappa shape index (κ1) is 20.5. The number of carbonyl (C=O) groups excluding carboxylic acids is 1. The highest BCUT2D eigenvalue weighted by atomic mass is 35.5. The molecule has 0 radical (unpaired) electrons. The Bertz CT molecular complexity index is 586. The number of carbonyl (C=O) groups is 1. The van der Waals surface area contributed by atoms with Crippen LogP contribution in [0.2, 0.25) is 0 Å². The molecule has 3 heterocycles. The molecule has 3 aliphatic heterocycles. The van der Waals surface area contributed by atoms with E-state index in [2.05, 4.69) is 46.7 Å². The molecular formula is C19H29Cl2N3O. The van der Waals surface area contributed by atoms with Gasteiger partial charge >= 0.3 is 0 Å². The van der Waals surface area contributed by atoms with E-state index in [0.29, 0.717) is 18.1 Å². The summed E-state index contributed by atoms with van der Waals surface area (Å²) in [6.45, 7) is 3.92. The zero-order valence-corrected chi connectivity index (χ0v) is 16.4. The van der Waals surface area contributed by atoms with Gasteiger partial charge in [-0.05, 0) is 50.2 Å². The zero-order chi connectivity index (χ0) is 15.8. The highest BCUT2D eigenvalue weighted by molar-refractivity contribution is 5.85. The average molecular weight is 386 g/mol. The van der Waals surface area contributed by atoms with Crippen LogP contribution in [-0.2, 0) is 17.8 Å². The molecule has 25 heavy (non-hydrogen) atoms. The van der Waals surface area contributed by atoms with Crippen molar-refractivity contribution in [2.45, 2.75) is 69.7 Å². The van der Waals surface area contributed by atoms with Crippen LogP contribution >= 0.6 is 24.8 Å². The lowest BCUT2D eigenvalue weighted by molar-refractivity contribution is -0.127. The number of rotatable bonds is 3. The molecule has 1 aromatic rings. The molecule has 0 aliphatic carbocycles. The van der Waals surface area contributed by atoms with Gasteiger partial charge in [-0.2, -0.15) is 0 Å². The molecule has 6 heteroatoms. The molecule has 2 saturated heterocycles. The summed E-state index contributed by atoms with van der Waals surface area (Å²) < 4.78 is 0. The van der Waals surface area contributed by atoms with E-state index in [4.69, 9.17) is 0 Å². The lowest BCUT2D eigenvalue weighted by Gasteiger charge is -2.35. The third-order valence-electron chi connectivity index (χ3n) is 5.91. The van der Waals surface area contributed by atoms with E-state index in [1.165, 1.54) is 24.0 Å². The highest BCUT2D eigenvalue weighted by Gasteiger charge is 2.35. The van der Waals surface area contributed by atoms with Crippen molar-refractivity contribution in [3.8, 4) is 0 Å². The maximum atomic E-state index is 12.7. The molecule has 3 unspecified atom stereocenters. The number of halogens is 2. The van der Waals surface area contributed by atoms with Gasteiger partial charge in [-0.1, -0.05) is 24.3 Å². The summed E-state index contributed by atoms with van der Waals surface area (Å²) in [7, 11) is 0. The van der Waals surface area contributed by atoms with Gasteiger partial charge in [0.1, 0.15) is 0 Å². The predicted octanol–water partition coefficient (Wildman–Crippen LogP) is 2.68. The summed E-state index contributed by atoms with van der Waals surface area (Å²) in [5.74, 6) is 0.204. The molecule has 4 nitrogen and oxygen atoms in total. The Morgan fingerprint density at radius 1 is 1.16 bits per heavy atom. The van der Waals surface area contributed by atoms with Crippen LogP contribution in [-0.4, -0.2) is 41.5 Å². The number of hydrogen-bond donors (Lipinski definition) is 2. The summed E-state index contributed by atoms with van der Waals surface area (Å²) in [6, 6.07) is 10.2. The Labute approximate surface area is 162 Å². The lowest BCUT2D eigenvalue weighted by Crippen LogP contribution is -2.53. The molecular weight excluding hydrogens is 357 g/mol. The fraction of sp³-hybridized carbons (Fsp3) is 0.632. The second kappa shape index (κ2) is 8.72. The molecule has 2 N–H and O–H groups in total. The fourth-order valence-corrected chi connectivity index (χ4v) is 4.51. The van der Waals surface area contributed by atoms with Gasteiger partial charge < -0.3 is 10.6 Å². The molecule has 140 valence electrons. The van der Waals surface area contributed by atoms with Crippen molar-refractivity contribution in [3.63, 3.8) is 0 Å². The molecule has 4 rings (SSSR count). The standard InChI is InChI=1S/C19H27N3O.2ClH/c1-13(22-9-8-14-4-2-3-5-15(14)12-22)19(23)21-18-10-16-6-7-17(11-18)20-16;;/h2-5,13,16-18,20H,6-12H2,1H3,(H,21,23);2*1H. The van der Waals surface area contributed by atoms with Gasteiger partial charge in [-0.3, -0.25) is 9.69 Å². The number of piperidine rings is 1. The Morgan fingerprint density at radius 3 is 2.48 bits per heavy atom. The molecule has 2 fully saturated rings. The van der Waals surface area contributed by atoms with Gasteiger partial charge in [-0.25, -0.2) is 0 Å². The normalized spacial score (nSPS) is 28.9. The molecule has 0 aromatic heterocycles. The third-order valence-corrected chi connectivity index (χ3v) is 5.91. The number of nitrogens with one attached hydrogen (secondary N) is 2. The number of hydrogen-bond acceptors (Lipinski definition) is 3. The minimum atomic E-state index is -0.0455. The van der Waals surface area contributed by atoms with Gasteiger partial charge in [0, 0.05) is 31.2 Å². The summed E-state index contributed by atoms with van der Waals surface area (Å²) in [5, 5.41) is 6.96. The predicted molar refractivity (Wildman–Crippen MR) is 106 cm³/mol. The van der Waals surface area contributed by atoms with Crippen LogP contribution in [0.3, 0.4) is 0 Å². The molecule has 1 aromatic carbocycles. The van der Waals surface area contributed by atoms with E-state index in [0.717, 1.165) is 32.4 Å². The number of amides is 1. The Balaban J connectivity index is 0.00000113. The Morgan fingerprint density at radius 2 is 1.80 bits per heavy atom. The smallest absolute Gasteiger partial charge is 0.237 e. The first-order valence-electron chi connectivity index (χ1n) is 9.06. The van der Waals surface area contributed by atoms with Gasteiger partial charge in [0.25, 0.3) is 0 Å². The van der Waals surface area contributed by atoms with E-state index in [1.807, 2.05) is 0 Å². The van der Waals surface area contributed by atoms with E-state index < -0.39 is 0 Å². The average Bonchev–Trinajstić information content (AvgIpc) is 2.92. The van der Waals surface area contributed by atoms with Crippen molar-refractivity contribution >= 4 is 30.7 Å². The summed E-state index contributed by atoms with van der Waals surface area (Å²) >= 11 is 0. The Hall–Kier alpha value is -0.810. The van der Waals surface area contributed by atoms with Crippen LogP contribution in [0.4, 0.5) is 0 Å². The van der Waals surface area contributed by atoms with Crippen LogP contribution in [0.25, 0.3) is 0 Å². The SMILES string of the molecule is CC(C(=O)NC1CC2CCC(C1)N2)N1CCc2ccccc2C1.Cl.Cl. The minimum Gasteiger partial charge on any atom is -0.352 e. The third kappa shape index (κ3) is 4.48. The van der Waals surface area contributed by atoms with Gasteiger partial charge in [0.05, 0.1) is 6.04 Å². The van der Waals surface area contributed by atoms with Crippen molar-refractivity contribution in [1.82, 2.24) is 15.5 Å². The fourth-order valence-electron chi connectivity index (χ4n) is 4.51. The first-order chi connectivity index (χ1) is 11.2. The molecule has 1 amide bonds. The van der Waals surface area contributed by atoms with Gasteiger partial charge in [0.2, 0.25) is 5.91 Å². The van der Waals surface area contributed by atoms with Gasteiger partial charge in [-0.15, -0.1) is 24.8 Å². The number of fused-ring (bicyclic) bond motifs is 3. The number of benzene rings is 1. The van der Waals surface area contributed by atoms with Crippen LogP contribution < -0.4 is 10.6 Å². The van der Waals surface area contributed by atoms with Crippen molar-refractivity contribution in [3.05, 3.63) is 35.4 Å². The van der Waals surface area contributed by atoms with Crippen LogP contribution in [0.15, 0.2) is 24.3 Å². The maximum Gasteiger partial charge on any atom is 0.237 e. The monoisotopic (exact) mass is 385 g/mol. The second-order valence-corrected chi connectivity index (χ2v) is 7.48. The van der Waals surface area contributed by atoms with E-state index in [9.17, 15) is 4.79 Å². The molecule has 3 atom stereocenters. The molecule has 2 bridgehead atoms. The lowest BCUT2D eigenvalue weighted by atomic mass is 9.97. The van der Waals surface area contributed by atoms with Crippen LogP contribution in [0.1, 0.15) is 43.7 Å². The largest absolute Gasteiger partial charge is 0.352 e. The Kier molecular flexibility index (Phi) is 7.15. The van der Waals surface area contributed by atoms with Crippen molar-refractivity contribution in [2.24, 2.45) is 0 Å². The van der Waals surface area contributed by atoms with E-state index in [-0.39, 0.29) is 36.8 Å². The first-order valence-corrected chi connectivity index (χ1v) is 9.06. The van der Waals surface area contributed by atoms with E-state index in [1.54, 1.807) is 0 Å². The van der Waals surface area contributed by atoms with Crippen LogP contribution in [0.5, 0.6) is 0 Å². The quantitative estimate of drug-likeness (QED) is 0.840. The highest BCUT2D eigenvalue weighted by Crippen LogP contribution is 2.27. The van der Waals surface area contributed by atoms with Crippen LogP contribution in [0, 0.1) is 0 Å². The molecule has 0 saturated carbocycles. The summed E-state index contributed by atoms with van der Waals surface area (Å²) in [4.78, 5) is 15.0.